The van der Waals surface area contributed by atoms with E-state index in [9.17, 15) is 9.18 Å². The second-order valence-corrected chi connectivity index (χ2v) is 10.0. The van der Waals surface area contributed by atoms with Crippen molar-refractivity contribution in [2.75, 3.05) is 20.3 Å². The Morgan fingerprint density at radius 2 is 2.03 bits per heavy atom. The van der Waals surface area contributed by atoms with Crippen LogP contribution in [0.2, 0.25) is 0 Å². The van der Waals surface area contributed by atoms with Crippen molar-refractivity contribution in [3.8, 4) is 5.75 Å². The number of hydrogen-bond donors (Lipinski definition) is 0. The fraction of sp³-hybridized carbons (Fsp3) is 0.720. The highest BCUT2D eigenvalue weighted by atomic mass is 19.1. The quantitative estimate of drug-likeness (QED) is 0.561. The Morgan fingerprint density at radius 1 is 1.19 bits per heavy atom. The molecule has 1 aromatic rings. The zero-order chi connectivity index (χ0) is 21.5. The minimum absolute atomic E-state index is 0.0622. The van der Waals surface area contributed by atoms with Gasteiger partial charge in [-0.2, -0.15) is 0 Å². The summed E-state index contributed by atoms with van der Waals surface area (Å²) < 4.78 is 37.4. The molecule has 3 atom stereocenters. The first-order valence-electron chi connectivity index (χ1n) is 11.8. The summed E-state index contributed by atoms with van der Waals surface area (Å²) in [4.78, 5) is 11.7. The SMILES string of the molecule is COC(=O)C1CC1CCC12CCC(c3cc(F)cc(OC4CCCCO4)c3)(CC1)OC2. The van der Waals surface area contributed by atoms with Crippen molar-refractivity contribution in [1.29, 1.82) is 0 Å². The highest BCUT2D eigenvalue weighted by molar-refractivity contribution is 5.75. The van der Waals surface area contributed by atoms with E-state index < -0.39 is 5.60 Å². The molecule has 0 spiro atoms. The van der Waals surface area contributed by atoms with Gasteiger partial charge in [-0.3, -0.25) is 4.79 Å². The topological polar surface area (TPSA) is 54.0 Å². The Kier molecular flexibility index (Phi) is 5.72. The van der Waals surface area contributed by atoms with Crippen LogP contribution in [0.1, 0.15) is 69.8 Å². The lowest BCUT2D eigenvalue weighted by Gasteiger charge is -2.53. The minimum atomic E-state index is -0.413. The molecule has 1 aromatic carbocycles. The number of fused-ring (bicyclic) bond motifs is 3. The zero-order valence-corrected chi connectivity index (χ0v) is 18.4. The van der Waals surface area contributed by atoms with Gasteiger partial charge in [-0.25, -0.2) is 4.39 Å². The summed E-state index contributed by atoms with van der Waals surface area (Å²) in [7, 11) is 1.47. The van der Waals surface area contributed by atoms with Crippen LogP contribution < -0.4 is 4.74 Å². The molecule has 2 bridgehead atoms. The van der Waals surface area contributed by atoms with Crippen molar-refractivity contribution in [2.45, 2.75) is 76.1 Å². The Bertz CT molecular complexity index is 794. The average molecular weight is 433 g/mol. The van der Waals surface area contributed by atoms with Crippen LogP contribution in [0.3, 0.4) is 0 Å². The van der Waals surface area contributed by atoms with Crippen LogP contribution in [0, 0.1) is 23.1 Å². The molecule has 5 aliphatic rings. The molecule has 0 N–H and O–H groups in total. The van der Waals surface area contributed by atoms with Crippen molar-refractivity contribution >= 4 is 5.97 Å². The number of carbonyl (C=O) groups is 1. The van der Waals surface area contributed by atoms with Crippen molar-refractivity contribution in [3.05, 3.63) is 29.6 Å². The summed E-state index contributed by atoms with van der Waals surface area (Å²) in [5.41, 5.74) is 0.677. The van der Waals surface area contributed by atoms with E-state index in [1.165, 1.54) is 13.2 Å². The number of benzene rings is 1. The summed E-state index contributed by atoms with van der Waals surface area (Å²) in [5.74, 6) is 0.761. The minimum Gasteiger partial charge on any atom is -0.469 e. The van der Waals surface area contributed by atoms with Gasteiger partial charge in [0.25, 0.3) is 0 Å². The van der Waals surface area contributed by atoms with E-state index in [4.69, 9.17) is 18.9 Å². The molecule has 0 radical (unpaired) electrons. The van der Waals surface area contributed by atoms with E-state index in [1.54, 1.807) is 6.07 Å². The lowest BCUT2D eigenvalue weighted by atomic mass is 9.62. The van der Waals surface area contributed by atoms with Crippen LogP contribution in [-0.4, -0.2) is 32.6 Å². The predicted molar refractivity (Wildman–Crippen MR) is 112 cm³/mol. The third kappa shape index (κ3) is 4.34. The molecule has 170 valence electrons. The molecule has 0 aromatic heterocycles. The van der Waals surface area contributed by atoms with Gasteiger partial charge in [0.15, 0.2) is 6.29 Å². The predicted octanol–water partition coefficient (Wildman–Crippen LogP) is 5.11. The number of halogens is 1. The van der Waals surface area contributed by atoms with Gasteiger partial charge in [-0.1, -0.05) is 0 Å². The van der Waals surface area contributed by atoms with Crippen molar-refractivity contribution in [3.63, 3.8) is 0 Å². The normalized spacial score (nSPS) is 36.8. The van der Waals surface area contributed by atoms with E-state index in [2.05, 4.69) is 0 Å². The largest absolute Gasteiger partial charge is 0.469 e. The number of methoxy groups -OCH3 is 1. The third-order valence-corrected chi connectivity index (χ3v) is 8.05. The Hall–Kier alpha value is -1.66. The highest BCUT2D eigenvalue weighted by Gasteiger charge is 2.52. The molecule has 6 rings (SSSR count). The summed E-state index contributed by atoms with van der Waals surface area (Å²) in [6.45, 7) is 1.41. The molecule has 3 aliphatic heterocycles. The maximum atomic E-state index is 14.5. The molecule has 3 heterocycles. The first-order valence-corrected chi connectivity index (χ1v) is 11.8. The molecule has 3 unspecified atom stereocenters. The molecular formula is C25H33FO5. The van der Waals surface area contributed by atoms with E-state index >= 15 is 0 Å². The van der Waals surface area contributed by atoms with Gasteiger partial charge in [0.05, 0.1) is 31.8 Å². The molecule has 6 heteroatoms. The number of carbonyl (C=O) groups excluding carboxylic acids is 1. The van der Waals surface area contributed by atoms with Crippen LogP contribution in [0.15, 0.2) is 18.2 Å². The Balaban J connectivity index is 1.21. The molecule has 31 heavy (non-hydrogen) atoms. The van der Waals surface area contributed by atoms with Gasteiger partial charge in [0.2, 0.25) is 0 Å². The molecule has 5 nitrogen and oxygen atoms in total. The van der Waals surface area contributed by atoms with Crippen LogP contribution in [0.25, 0.3) is 0 Å². The van der Waals surface area contributed by atoms with Crippen molar-refractivity contribution in [1.82, 2.24) is 0 Å². The fourth-order valence-corrected chi connectivity index (χ4v) is 5.81. The van der Waals surface area contributed by atoms with Crippen LogP contribution >= 0.6 is 0 Å². The van der Waals surface area contributed by atoms with Crippen molar-refractivity contribution in [2.24, 2.45) is 17.3 Å². The van der Waals surface area contributed by atoms with Crippen LogP contribution in [0.5, 0.6) is 5.75 Å². The third-order valence-electron chi connectivity index (χ3n) is 8.05. The second-order valence-electron chi connectivity index (χ2n) is 10.0. The van der Waals surface area contributed by atoms with Crippen LogP contribution in [0.4, 0.5) is 4.39 Å². The molecule has 5 fully saturated rings. The van der Waals surface area contributed by atoms with Crippen LogP contribution in [-0.2, 0) is 24.6 Å². The summed E-state index contributed by atoms with van der Waals surface area (Å²) >= 11 is 0. The fourth-order valence-electron chi connectivity index (χ4n) is 5.81. The summed E-state index contributed by atoms with van der Waals surface area (Å²) in [6.07, 6.45) is 9.78. The Labute approximate surface area is 183 Å². The first kappa shape index (κ1) is 21.2. The number of esters is 1. The molecular weight excluding hydrogens is 399 g/mol. The number of hydrogen-bond acceptors (Lipinski definition) is 5. The number of ether oxygens (including phenoxy) is 4. The molecule has 2 saturated carbocycles. The van der Waals surface area contributed by atoms with Gasteiger partial charge in [-0.15, -0.1) is 0 Å². The summed E-state index contributed by atoms with van der Waals surface area (Å²) in [6, 6.07) is 5.00. The van der Waals surface area contributed by atoms with Gasteiger partial charge < -0.3 is 18.9 Å². The van der Waals surface area contributed by atoms with Gasteiger partial charge >= 0.3 is 5.97 Å². The first-order chi connectivity index (χ1) is 15.0. The van der Waals surface area contributed by atoms with E-state index in [1.807, 2.05) is 6.07 Å². The molecule has 3 saturated heterocycles. The smallest absolute Gasteiger partial charge is 0.308 e. The maximum Gasteiger partial charge on any atom is 0.308 e. The second kappa shape index (κ2) is 8.36. The van der Waals surface area contributed by atoms with E-state index in [0.717, 1.165) is 69.8 Å². The van der Waals surface area contributed by atoms with Gasteiger partial charge in [0.1, 0.15) is 11.6 Å². The lowest BCUT2D eigenvalue weighted by Crippen LogP contribution is -2.49. The highest BCUT2D eigenvalue weighted by Crippen LogP contribution is 2.57. The maximum absolute atomic E-state index is 14.5. The van der Waals surface area contributed by atoms with E-state index in [-0.39, 0.29) is 29.4 Å². The monoisotopic (exact) mass is 432 g/mol. The standard InChI is InChI=1S/C25H33FO5/c1-28-23(27)21-12-17(21)5-6-24-7-9-25(10-8-24,30-16-24)18-13-19(26)15-20(14-18)31-22-4-2-3-11-29-22/h13-15,17,21-22H,2-12,16H2,1H3. The van der Waals surface area contributed by atoms with Gasteiger partial charge in [-0.05, 0) is 86.8 Å². The van der Waals surface area contributed by atoms with Gasteiger partial charge in [0, 0.05) is 12.5 Å². The van der Waals surface area contributed by atoms with Crippen molar-refractivity contribution < 1.29 is 28.1 Å². The molecule has 2 aliphatic carbocycles. The summed E-state index contributed by atoms with van der Waals surface area (Å²) in [5, 5.41) is 0. The number of rotatable bonds is 7. The molecule has 0 amide bonds. The van der Waals surface area contributed by atoms with E-state index in [0.29, 0.717) is 24.9 Å². The average Bonchev–Trinajstić information content (AvgIpc) is 3.59. The Morgan fingerprint density at radius 3 is 2.71 bits per heavy atom. The lowest BCUT2D eigenvalue weighted by molar-refractivity contribution is -0.192. The zero-order valence-electron chi connectivity index (χ0n) is 18.4.